The molecule has 0 saturated carbocycles. The maximum absolute atomic E-state index is 6.63. The summed E-state index contributed by atoms with van der Waals surface area (Å²) < 4.78 is 6.63. The topological polar surface area (TPSA) is 12.5 Å². The second-order valence-corrected chi connectivity index (χ2v) is 6.73. The highest BCUT2D eigenvalue weighted by atomic mass is 16.5. The van der Waals surface area contributed by atoms with Crippen LogP contribution in [-0.4, -0.2) is 12.8 Å². The summed E-state index contributed by atoms with van der Waals surface area (Å²) in [6, 6.07) is 21.3. The molecule has 118 valence electrons. The molecule has 0 radical (unpaired) electrons. The van der Waals surface area contributed by atoms with Gasteiger partial charge in [0.1, 0.15) is 5.75 Å². The molecule has 2 unspecified atom stereocenters. The summed E-state index contributed by atoms with van der Waals surface area (Å²) in [7, 11) is 2.12. The lowest BCUT2D eigenvalue weighted by molar-refractivity contribution is 0.104. The Bertz CT molecular complexity index is 959. The Balaban J connectivity index is 1.68. The first-order chi connectivity index (χ1) is 11.7. The highest BCUT2D eigenvalue weighted by Gasteiger charge is 2.49. The molecular formula is C22H19NO. The van der Waals surface area contributed by atoms with Gasteiger partial charge in [-0.05, 0) is 40.6 Å². The Kier molecular flexibility index (Phi) is 2.64. The van der Waals surface area contributed by atoms with E-state index in [9.17, 15) is 0 Å². The average Bonchev–Trinajstić information content (AvgIpc) is 2.84. The molecule has 1 spiro atoms. The first-order valence-corrected chi connectivity index (χ1v) is 8.43. The Morgan fingerprint density at radius 3 is 2.62 bits per heavy atom. The molecule has 0 fully saturated rings. The Morgan fingerprint density at radius 1 is 0.958 bits per heavy atom. The van der Waals surface area contributed by atoms with Crippen LogP contribution in [-0.2, 0) is 0 Å². The van der Waals surface area contributed by atoms with Crippen molar-refractivity contribution in [2.75, 3.05) is 11.9 Å². The Morgan fingerprint density at radius 2 is 1.75 bits per heavy atom. The van der Waals surface area contributed by atoms with E-state index in [4.69, 9.17) is 4.74 Å². The molecule has 2 heterocycles. The number of nitrogens with zero attached hydrogens (tertiary/aromatic N) is 1. The molecule has 24 heavy (non-hydrogen) atoms. The molecule has 3 aromatic carbocycles. The van der Waals surface area contributed by atoms with Gasteiger partial charge in [0.15, 0.2) is 0 Å². The summed E-state index contributed by atoms with van der Waals surface area (Å²) in [5.41, 5.74) is 3.32. The molecule has 0 N–H and O–H groups in total. The van der Waals surface area contributed by atoms with Crippen LogP contribution in [0.1, 0.15) is 24.0 Å². The van der Waals surface area contributed by atoms with E-state index in [1.807, 2.05) is 0 Å². The van der Waals surface area contributed by atoms with E-state index in [-0.39, 0.29) is 5.92 Å². The number of hydrogen-bond donors (Lipinski definition) is 0. The molecule has 2 aliphatic rings. The van der Waals surface area contributed by atoms with Crippen molar-refractivity contribution in [3.8, 4) is 5.75 Å². The number of hydrogen-bond acceptors (Lipinski definition) is 2. The van der Waals surface area contributed by atoms with Crippen molar-refractivity contribution in [3.63, 3.8) is 0 Å². The number of likely N-dealkylation sites (N-methyl/N-ethyl adjacent to an activating group) is 1. The van der Waals surface area contributed by atoms with Gasteiger partial charge < -0.3 is 9.64 Å². The standard InChI is InChI=1S/C22H19NO/c1-15-17-8-5-6-10-20(17)23(2)22(15)14-13-19-18-9-4-3-7-16(18)11-12-21(19)24-22/h3-15H,1-2H3. The Hall–Kier alpha value is -2.74. The van der Waals surface area contributed by atoms with Gasteiger partial charge in [0.05, 0.1) is 0 Å². The number of para-hydroxylation sites is 1. The van der Waals surface area contributed by atoms with E-state index in [1.54, 1.807) is 0 Å². The molecule has 0 amide bonds. The molecule has 3 aromatic rings. The number of fused-ring (bicyclic) bond motifs is 4. The van der Waals surface area contributed by atoms with E-state index in [0.717, 1.165) is 5.75 Å². The minimum Gasteiger partial charge on any atom is -0.463 e. The van der Waals surface area contributed by atoms with Crippen molar-refractivity contribution >= 4 is 22.5 Å². The van der Waals surface area contributed by atoms with Gasteiger partial charge in [-0.3, -0.25) is 0 Å². The van der Waals surface area contributed by atoms with Crippen molar-refractivity contribution in [2.45, 2.75) is 18.6 Å². The summed E-state index contributed by atoms with van der Waals surface area (Å²) in [6.07, 6.45) is 4.46. The first kappa shape index (κ1) is 13.7. The second kappa shape index (κ2) is 4.64. The van der Waals surface area contributed by atoms with E-state index in [2.05, 4.69) is 91.7 Å². The third kappa shape index (κ3) is 1.60. The zero-order chi connectivity index (χ0) is 16.3. The fraction of sp³-hybridized carbons (Fsp3) is 0.182. The van der Waals surface area contributed by atoms with E-state index in [0.29, 0.717) is 0 Å². The van der Waals surface area contributed by atoms with Crippen LogP contribution in [0.25, 0.3) is 16.8 Å². The van der Waals surface area contributed by atoms with Gasteiger partial charge in [0, 0.05) is 24.2 Å². The fourth-order valence-electron chi connectivity index (χ4n) is 4.22. The maximum Gasteiger partial charge on any atom is 0.209 e. The predicted octanol–water partition coefficient (Wildman–Crippen LogP) is 5.20. The van der Waals surface area contributed by atoms with Crippen LogP contribution >= 0.6 is 0 Å². The van der Waals surface area contributed by atoms with Gasteiger partial charge in [-0.25, -0.2) is 0 Å². The smallest absolute Gasteiger partial charge is 0.209 e. The second-order valence-electron chi connectivity index (χ2n) is 6.73. The quantitative estimate of drug-likeness (QED) is 0.566. The van der Waals surface area contributed by atoms with Gasteiger partial charge in [-0.1, -0.05) is 55.5 Å². The Labute approximate surface area is 142 Å². The lowest BCUT2D eigenvalue weighted by Crippen LogP contribution is -2.50. The molecule has 0 aromatic heterocycles. The van der Waals surface area contributed by atoms with Crippen molar-refractivity contribution in [3.05, 3.63) is 77.9 Å². The maximum atomic E-state index is 6.63. The minimum atomic E-state index is -0.445. The third-order valence-electron chi connectivity index (χ3n) is 5.60. The van der Waals surface area contributed by atoms with Crippen LogP contribution in [0.2, 0.25) is 0 Å². The summed E-state index contributed by atoms with van der Waals surface area (Å²) >= 11 is 0. The number of benzene rings is 3. The van der Waals surface area contributed by atoms with Gasteiger partial charge in [0.2, 0.25) is 5.72 Å². The molecule has 5 rings (SSSR count). The number of anilines is 1. The molecule has 2 atom stereocenters. The van der Waals surface area contributed by atoms with Gasteiger partial charge in [0.25, 0.3) is 0 Å². The molecule has 2 nitrogen and oxygen atoms in total. The zero-order valence-corrected chi connectivity index (χ0v) is 13.9. The van der Waals surface area contributed by atoms with Crippen LogP contribution in [0.5, 0.6) is 5.75 Å². The molecule has 0 bridgehead atoms. The summed E-state index contributed by atoms with van der Waals surface area (Å²) in [5, 5.41) is 2.49. The third-order valence-corrected chi connectivity index (χ3v) is 5.60. The monoisotopic (exact) mass is 313 g/mol. The van der Waals surface area contributed by atoms with Crippen LogP contribution in [0.15, 0.2) is 66.7 Å². The van der Waals surface area contributed by atoms with Gasteiger partial charge in [-0.15, -0.1) is 0 Å². The summed E-state index contributed by atoms with van der Waals surface area (Å²) in [6.45, 7) is 2.25. The molecule has 0 aliphatic carbocycles. The number of rotatable bonds is 0. The van der Waals surface area contributed by atoms with E-state index in [1.165, 1.54) is 27.6 Å². The SMILES string of the molecule is CC1c2ccccc2N(C)C12C=Cc1c(ccc3ccccc13)O2. The van der Waals surface area contributed by atoms with E-state index >= 15 is 0 Å². The van der Waals surface area contributed by atoms with Crippen LogP contribution < -0.4 is 9.64 Å². The first-order valence-electron chi connectivity index (χ1n) is 8.43. The average molecular weight is 313 g/mol. The zero-order valence-electron chi connectivity index (χ0n) is 13.9. The van der Waals surface area contributed by atoms with Crippen LogP contribution in [0, 0.1) is 0 Å². The fourth-order valence-corrected chi connectivity index (χ4v) is 4.22. The largest absolute Gasteiger partial charge is 0.463 e. The highest BCUT2D eigenvalue weighted by molar-refractivity contribution is 5.94. The summed E-state index contributed by atoms with van der Waals surface area (Å²) in [4.78, 5) is 2.27. The van der Waals surface area contributed by atoms with Crippen LogP contribution in [0.4, 0.5) is 5.69 Å². The highest BCUT2D eigenvalue weighted by Crippen LogP contribution is 2.51. The van der Waals surface area contributed by atoms with Crippen molar-refractivity contribution in [1.29, 1.82) is 0 Å². The molecule has 2 heteroatoms. The lowest BCUT2D eigenvalue weighted by atomic mass is 9.90. The molecule has 2 aliphatic heterocycles. The van der Waals surface area contributed by atoms with Crippen LogP contribution in [0.3, 0.4) is 0 Å². The minimum absolute atomic E-state index is 0.273. The van der Waals surface area contributed by atoms with Gasteiger partial charge in [-0.2, -0.15) is 0 Å². The predicted molar refractivity (Wildman–Crippen MR) is 99.6 cm³/mol. The van der Waals surface area contributed by atoms with Crippen molar-refractivity contribution < 1.29 is 4.74 Å². The van der Waals surface area contributed by atoms with Crippen molar-refractivity contribution in [2.24, 2.45) is 0 Å². The normalized spacial score (nSPS) is 24.1. The van der Waals surface area contributed by atoms with Crippen molar-refractivity contribution in [1.82, 2.24) is 0 Å². The molecule has 0 saturated heterocycles. The van der Waals surface area contributed by atoms with Gasteiger partial charge >= 0.3 is 0 Å². The lowest BCUT2D eigenvalue weighted by Gasteiger charge is -2.41. The number of ether oxygens (including phenoxy) is 1. The summed E-state index contributed by atoms with van der Waals surface area (Å²) in [5.74, 6) is 1.23. The molecular weight excluding hydrogens is 294 g/mol. The van der Waals surface area contributed by atoms with E-state index < -0.39 is 5.72 Å².